The van der Waals surface area contributed by atoms with Crippen LogP contribution in [0.1, 0.15) is 5.56 Å². The summed E-state index contributed by atoms with van der Waals surface area (Å²) >= 11 is 3.06. The molecule has 0 spiro atoms. The van der Waals surface area contributed by atoms with Crippen LogP contribution in [0.2, 0.25) is 0 Å². The van der Waals surface area contributed by atoms with Gasteiger partial charge in [0.1, 0.15) is 29.1 Å². The minimum absolute atomic E-state index is 0.0119. The van der Waals surface area contributed by atoms with E-state index in [1.54, 1.807) is 6.07 Å². The number of hydrogen-bond acceptors (Lipinski definition) is 4. The molecule has 0 aromatic heterocycles. The number of hydrogen-bond donors (Lipinski definition) is 0. The molecule has 0 fully saturated rings. The number of rotatable bonds is 4. The van der Waals surface area contributed by atoms with Gasteiger partial charge in [-0.25, -0.2) is 4.39 Å². The summed E-state index contributed by atoms with van der Waals surface area (Å²) in [5.41, 5.74) is -0.0549. The molecule has 1 aromatic rings. The summed E-state index contributed by atoms with van der Waals surface area (Å²) < 4.78 is 22.8. The Bertz CT molecular complexity index is 459. The Hall–Kier alpha value is -1.61. The van der Waals surface area contributed by atoms with Crippen molar-refractivity contribution >= 4 is 21.9 Å². The van der Waals surface area contributed by atoms with Crippen molar-refractivity contribution in [2.75, 3.05) is 13.7 Å². The Labute approximate surface area is 106 Å². The van der Waals surface area contributed by atoms with Gasteiger partial charge in [-0.3, -0.25) is 4.79 Å². The molecule has 0 saturated carbocycles. The predicted octanol–water partition coefficient (Wildman–Crippen LogP) is 2.01. The van der Waals surface area contributed by atoms with Gasteiger partial charge in [0.15, 0.2) is 0 Å². The lowest BCUT2D eigenvalue weighted by molar-refractivity contribution is -0.140. The van der Waals surface area contributed by atoms with Crippen LogP contribution in [0.15, 0.2) is 18.2 Å². The normalized spacial score (nSPS) is 11.4. The van der Waals surface area contributed by atoms with Crippen LogP contribution >= 0.6 is 15.9 Å². The Morgan fingerprint density at radius 1 is 1.65 bits per heavy atom. The first-order valence-corrected chi connectivity index (χ1v) is 5.54. The number of methoxy groups -OCH3 is 1. The molecule has 1 atom stereocenters. The van der Waals surface area contributed by atoms with Crippen molar-refractivity contribution in [1.29, 1.82) is 5.26 Å². The molecule has 0 saturated heterocycles. The second-order valence-corrected chi connectivity index (χ2v) is 4.16. The number of carbonyl (C=O) groups is 1. The van der Waals surface area contributed by atoms with Crippen molar-refractivity contribution in [1.82, 2.24) is 0 Å². The van der Waals surface area contributed by atoms with Crippen LogP contribution < -0.4 is 4.74 Å². The second kappa shape index (κ2) is 6.21. The van der Waals surface area contributed by atoms with E-state index in [2.05, 4.69) is 20.7 Å². The summed E-state index contributed by atoms with van der Waals surface area (Å²) in [4.78, 5) is 10.4. The maximum Gasteiger partial charge on any atom is 0.322 e. The van der Waals surface area contributed by atoms with E-state index in [1.165, 1.54) is 19.2 Å². The Morgan fingerprint density at radius 3 is 2.88 bits per heavy atom. The maximum absolute atomic E-state index is 13.2. The largest absolute Gasteiger partial charge is 0.492 e. The zero-order valence-corrected chi connectivity index (χ0v) is 10.5. The van der Waals surface area contributed by atoms with Gasteiger partial charge in [0.25, 0.3) is 0 Å². The third kappa shape index (κ3) is 3.71. The van der Waals surface area contributed by atoms with Crippen molar-refractivity contribution < 1.29 is 18.7 Å². The number of alkyl halides is 1. The zero-order chi connectivity index (χ0) is 12.8. The molecule has 4 nitrogen and oxygen atoms in total. The Balaban J connectivity index is 2.62. The first-order valence-electron chi connectivity index (χ1n) is 4.63. The van der Waals surface area contributed by atoms with Gasteiger partial charge in [0.05, 0.1) is 12.7 Å². The Morgan fingerprint density at radius 2 is 2.35 bits per heavy atom. The highest BCUT2D eigenvalue weighted by Gasteiger charge is 2.16. The van der Waals surface area contributed by atoms with Gasteiger partial charge >= 0.3 is 5.97 Å². The van der Waals surface area contributed by atoms with Crippen LogP contribution in [0.5, 0.6) is 5.75 Å². The standard InChI is InChI=1S/C11H9BrFNO3/c1-16-11(15)9(12)6-17-8-3-2-7(5-14)10(13)4-8/h2-4,9H,6H2,1H3. The first kappa shape index (κ1) is 13.5. The minimum atomic E-state index is -0.658. The average Bonchev–Trinajstić information content (AvgIpc) is 2.35. The molecule has 17 heavy (non-hydrogen) atoms. The van der Waals surface area contributed by atoms with Crippen LogP contribution in [0, 0.1) is 17.1 Å². The summed E-state index contributed by atoms with van der Waals surface area (Å²) in [5.74, 6) is -0.886. The molecule has 0 aliphatic rings. The van der Waals surface area contributed by atoms with Gasteiger partial charge < -0.3 is 9.47 Å². The van der Waals surface area contributed by atoms with Crippen LogP contribution in [0.25, 0.3) is 0 Å². The van der Waals surface area contributed by atoms with E-state index in [-0.39, 0.29) is 17.9 Å². The van der Waals surface area contributed by atoms with Crippen molar-refractivity contribution in [2.24, 2.45) is 0 Å². The Kier molecular flexibility index (Phi) is 4.91. The molecule has 0 bridgehead atoms. The molecule has 0 heterocycles. The fraction of sp³-hybridized carbons (Fsp3) is 0.273. The number of ether oxygens (including phenoxy) is 2. The van der Waals surface area contributed by atoms with E-state index in [0.717, 1.165) is 6.07 Å². The summed E-state index contributed by atoms with van der Waals surface area (Å²) in [5, 5.41) is 8.53. The lowest BCUT2D eigenvalue weighted by atomic mass is 10.2. The molecule has 90 valence electrons. The van der Waals surface area contributed by atoms with Crippen molar-refractivity contribution in [3.63, 3.8) is 0 Å². The third-order valence-electron chi connectivity index (χ3n) is 1.91. The fourth-order valence-electron chi connectivity index (χ4n) is 1.04. The van der Waals surface area contributed by atoms with Crippen molar-refractivity contribution in [3.8, 4) is 11.8 Å². The van der Waals surface area contributed by atoms with E-state index >= 15 is 0 Å². The molecule has 1 unspecified atom stereocenters. The smallest absolute Gasteiger partial charge is 0.322 e. The predicted molar refractivity (Wildman–Crippen MR) is 61.3 cm³/mol. The van der Waals surface area contributed by atoms with E-state index in [0.29, 0.717) is 0 Å². The maximum atomic E-state index is 13.2. The molecule has 0 N–H and O–H groups in total. The monoisotopic (exact) mass is 301 g/mol. The molecule has 0 aliphatic carbocycles. The SMILES string of the molecule is COC(=O)C(Br)COc1ccc(C#N)c(F)c1. The molecule has 6 heteroatoms. The minimum Gasteiger partial charge on any atom is -0.492 e. The van der Waals surface area contributed by atoms with Gasteiger partial charge in [-0.05, 0) is 12.1 Å². The van der Waals surface area contributed by atoms with Crippen LogP contribution in [0.3, 0.4) is 0 Å². The number of benzene rings is 1. The molecule has 1 aromatic carbocycles. The topological polar surface area (TPSA) is 59.3 Å². The van der Waals surface area contributed by atoms with E-state index in [9.17, 15) is 9.18 Å². The number of esters is 1. The molecular formula is C11H9BrFNO3. The highest BCUT2D eigenvalue weighted by molar-refractivity contribution is 9.10. The highest BCUT2D eigenvalue weighted by Crippen LogP contribution is 2.17. The summed E-state index contributed by atoms with van der Waals surface area (Å²) in [6, 6.07) is 5.56. The van der Waals surface area contributed by atoms with E-state index < -0.39 is 16.6 Å². The van der Waals surface area contributed by atoms with Gasteiger partial charge in [0.2, 0.25) is 0 Å². The average molecular weight is 302 g/mol. The highest BCUT2D eigenvalue weighted by atomic mass is 79.9. The zero-order valence-electron chi connectivity index (χ0n) is 8.94. The first-order chi connectivity index (χ1) is 8.08. The third-order valence-corrected chi connectivity index (χ3v) is 2.55. The number of nitrogens with zero attached hydrogens (tertiary/aromatic N) is 1. The lowest BCUT2D eigenvalue weighted by Crippen LogP contribution is -2.22. The van der Waals surface area contributed by atoms with Crippen LogP contribution in [0.4, 0.5) is 4.39 Å². The van der Waals surface area contributed by atoms with Crippen molar-refractivity contribution in [3.05, 3.63) is 29.6 Å². The van der Waals surface area contributed by atoms with Gasteiger partial charge in [-0.15, -0.1) is 0 Å². The number of carbonyl (C=O) groups excluding carboxylic acids is 1. The van der Waals surface area contributed by atoms with E-state index in [1.807, 2.05) is 0 Å². The number of nitriles is 1. The van der Waals surface area contributed by atoms with Crippen LogP contribution in [-0.4, -0.2) is 24.5 Å². The second-order valence-electron chi connectivity index (χ2n) is 3.06. The molecule has 0 radical (unpaired) electrons. The number of halogens is 2. The van der Waals surface area contributed by atoms with Crippen LogP contribution in [-0.2, 0) is 9.53 Å². The van der Waals surface area contributed by atoms with Gasteiger partial charge in [0, 0.05) is 6.07 Å². The quantitative estimate of drug-likeness (QED) is 0.630. The molecule has 0 aliphatic heterocycles. The van der Waals surface area contributed by atoms with Crippen molar-refractivity contribution in [2.45, 2.75) is 4.83 Å². The summed E-state index contributed by atoms with van der Waals surface area (Å²) in [7, 11) is 1.26. The fourth-order valence-corrected chi connectivity index (χ4v) is 1.36. The summed E-state index contributed by atoms with van der Waals surface area (Å²) in [6.45, 7) is 0.0119. The molecular weight excluding hydrogens is 293 g/mol. The van der Waals surface area contributed by atoms with E-state index in [4.69, 9.17) is 10.00 Å². The molecule has 1 rings (SSSR count). The van der Waals surface area contributed by atoms with Gasteiger partial charge in [-0.2, -0.15) is 5.26 Å². The molecule has 0 amide bonds. The lowest BCUT2D eigenvalue weighted by Gasteiger charge is -2.10. The summed E-state index contributed by atoms with van der Waals surface area (Å²) in [6.07, 6.45) is 0. The van der Waals surface area contributed by atoms with Gasteiger partial charge in [-0.1, -0.05) is 15.9 Å².